The molecule has 0 bridgehead atoms. The molecule has 0 unspecified atom stereocenters. The van der Waals surface area contributed by atoms with Gasteiger partial charge in [0.25, 0.3) is 0 Å². The molecule has 0 radical (unpaired) electrons. The smallest absolute Gasteiger partial charge is 0.191 e. The molecule has 0 saturated carbocycles. The van der Waals surface area contributed by atoms with E-state index in [9.17, 15) is 9.50 Å². The van der Waals surface area contributed by atoms with Crippen LogP contribution in [-0.4, -0.2) is 43.3 Å². The fourth-order valence-electron chi connectivity index (χ4n) is 3.60. The average molecular weight is 526 g/mol. The minimum Gasteiger partial charge on any atom is -0.508 e. The SMILES string of the molecule is CCNC(=NCCCc1ccc(O)cc1)NC1CCN(c2cccc(F)c2)CC1.I. The number of phenolic OH excluding ortho intramolecular Hbond substituents is 1. The molecule has 1 saturated heterocycles. The van der Waals surface area contributed by atoms with Crippen molar-refractivity contribution in [2.75, 3.05) is 31.1 Å². The second-order valence-electron chi connectivity index (χ2n) is 7.42. The van der Waals surface area contributed by atoms with E-state index in [2.05, 4.69) is 22.5 Å². The fraction of sp³-hybridized carbons (Fsp3) is 0.435. The number of nitrogens with zero attached hydrogens (tertiary/aromatic N) is 2. The van der Waals surface area contributed by atoms with E-state index in [1.807, 2.05) is 18.2 Å². The predicted octanol–water partition coefficient (Wildman–Crippen LogP) is 4.31. The summed E-state index contributed by atoms with van der Waals surface area (Å²) in [4.78, 5) is 6.95. The van der Waals surface area contributed by atoms with Crippen LogP contribution in [0.4, 0.5) is 10.1 Å². The van der Waals surface area contributed by atoms with Crippen LogP contribution in [0.2, 0.25) is 0 Å². The Balaban J connectivity index is 0.00000320. The summed E-state index contributed by atoms with van der Waals surface area (Å²) in [6.07, 6.45) is 3.89. The number of hydrogen-bond acceptors (Lipinski definition) is 3. The lowest BCUT2D eigenvalue weighted by Gasteiger charge is -2.34. The molecule has 0 aromatic heterocycles. The summed E-state index contributed by atoms with van der Waals surface area (Å²) in [5.74, 6) is 0.980. The van der Waals surface area contributed by atoms with Gasteiger partial charge >= 0.3 is 0 Å². The third-order valence-electron chi connectivity index (χ3n) is 5.18. The minimum absolute atomic E-state index is 0. The maximum absolute atomic E-state index is 13.5. The first kappa shape index (κ1) is 24.2. The average Bonchev–Trinajstić information content (AvgIpc) is 2.73. The summed E-state index contributed by atoms with van der Waals surface area (Å²) in [5.41, 5.74) is 2.17. The Morgan fingerprint density at radius 2 is 1.90 bits per heavy atom. The number of nitrogens with one attached hydrogen (secondary N) is 2. The lowest BCUT2D eigenvalue weighted by atomic mass is 10.0. The first-order valence-electron chi connectivity index (χ1n) is 10.5. The number of hydrogen-bond donors (Lipinski definition) is 3. The number of rotatable bonds is 7. The molecule has 164 valence electrons. The van der Waals surface area contributed by atoms with Crippen LogP contribution in [0.5, 0.6) is 5.75 Å². The van der Waals surface area contributed by atoms with Crippen LogP contribution in [0.15, 0.2) is 53.5 Å². The maximum atomic E-state index is 13.5. The van der Waals surface area contributed by atoms with Gasteiger partial charge in [0.05, 0.1) is 0 Å². The van der Waals surface area contributed by atoms with Crippen molar-refractivity contribution in [3.05, 3.63) is 59.9 Å². The molecular formula is C23H32FIN4O. The second-order valence-corrected chi connectivity index (χ2v) is 7.42. The Hall–Kier alpha value is -2.03. The second kappa shape index (κ2) is 12.6. The van der Waals surface area contributed by atoms with Crippen molar-refractivity contribution in [1.29, 1.82) is 0 Å². The van der Waals surface area contributed by atoms with E-state index in [0.29, 0.717) is 11.8 Å². The molecule has 1 heterocycles. The predicted molar refractivity (Wildman–Crippen MR) is 133 cm³/mol. The molecule has 0 aliphatic carbocycles. The summed E-state index contributed by atoms with van der Waals surface area (Å²) in [5, 5.41) is 16.2. The molecule has 7 heteroatoms. The van der Waals surface area contributed by atoms with Crippen molar-refractivity contribution in [2.45, 2.75) is 38.6 Å². The highest BCUT2D eigenvalue weighted by atomic mass is 127. The summed E-state index contributed by atoms with van der Waals surface area (Å²) in [7, 11) is 0. The van der Waals surface area contributed by atoms with Crippen LogP contribution in [0, 0.1) is 5.82 Å². The van der Waals surface area contributed by atoms with Crippen LogP contribution >= 0.6 is 24.0 Å². The molecular weight excluding hydrogens is 494 g/mol. The summed E-state index contributed by atoms with van der Waals surface area (Å²) in [6.45, 7) is 5.45. The summed E-state index contributed by atoms with van der Waals surface area (Å²) < 4.78 is 13.5. The van der Waals surface area contributed by atoms with Gasteiger partial charge in [-0.25, -0.2) is 4.39 Å². The fourth-order valence-corrected chi connectivity index (χ4v) is 3.60. The van der Waals surface area contributed by atoms with Crippen LogP contribution in [0.25, 0.3) is 0 Å². The lowest BCUT2D eigenvalue weighted by molar-refractivity contribution is 0.461. The molecule has 30 heavy (non-hydrogen) atoms. The molecule has 0 atom stereocenters. The van der Waals surface area contributed by atoms with Gasteiger partial charge in [0.15, 0.2) is 5.96 Å². The van der Waals surface area contributed by atoms with Crippen molar-refractivity contribution in [1.82, 2.24) is 10.6 Å². The number of piperidine rings is 1. The van der Waals surface area contributed by atoms with Crippen LogP contribution < -0.4 is 15.5 Å². The number of aliphatic imine (C=N–C) groups is 1. The van der Waals surface area contributed by atoms with Gasteiger partial charge in [0.1, 0.15) is 11.6 Å². The lowest BCUT2D eigenvalue weighted by Crippen LogP contribution is -2.48. The van der Waals surface area contributed by atoms with Gasteiger partial charge in [-0.1, -0.05) is 18.2 Å². The number of guanidine groups is 1. The summed E-state index contributed by atoms with van der Waals surface area (Å²) in [6, 6.07) is 14.5. The number of aryl methyl sites for hydroxylation is 1. The van der Waals surface area contributed by atoms with E-state index < -0.39 is 0 Å². The first-order valence-corrected chi connectivity index (χ1v) is 10.5. The summed E-state index contributed by atoms with van der Waals surface area (Å²) >= 11 is 0. The largest absolute Gasteiger partial charge is 0.508 e. The van der Waals surface area contributed by atoms with Gasteiger partial charge in [0.2, 0.25) is 0 Å². The molecule has 5 nitrogen and oxygen atoms in total. The van der Waals surface area contributed by atoms with Gasteiger partial charge in [-0.15, -0.1) is 24.0 Å². The Bertz CT molecular complexity index is 792. The van der Waals surface area contributed by atoms with E-state index in [-0.39, 0.29) is 29.8 Å². The van der Waals surface area contributed by atoms with Crippen molar-refractivity contribution in [3.8, 4) is 5.75 Å². The molecule has 3 rings (SSSR count). The van der Waals surface area contributed by atoms with Crippen molar-refractivity contribution in [3.63, 3.8) is 0 Å². The number of aromatic hydroxyl groups is 1. The Labute approximate surface area is 195 Å². The highest BCUT2D eigenvalue weighted by Crippen LogP contribution is 2.20. The van der Waals surface area contributed by atoms with Gasteiger partial charge in [0, 0.05) is 37.9 Å². The first-order chi connectivity index (χ1) is 14.1. The number of anilines is 1. The molecule has 1 fully saturated rings. The normalized spacial score (nSPS) is 14.9. The number of benzene rings is 2. The van der Waals surface area contributed by atoms with Gasteiger partial charge in [-0.05, 0) is 68.5 Å². The van der Waals surface area contributed by atoms with E-state index in [4.69, 9.17) is 4.99 Å². The van der Waals surface area contributed by atoms with Crippen LogP contribution in [0.1, 0.15) is 31.7 Å². The zero-order valence-electron chi connectivity index (χ0n) is 17.5. The molecule has 0 spiro atoms. The third-order valence-corrected chi connectivity index (χ3v) is 5.18. The quantitative estimate of drug-likeness (QED) is 0.218. The third kappa shape index (κ3) is 7.66. The number of halogens is 2. The van der Waals surface area contributed by atoms with Gasteiger partial charge in [-0.2, -0.15) is 0 Å². The molecule has 1 aliphatic heterocycles. The zero-order valence-corrected chi connectivity index (χ0v) is 19.8. The Morgan fingerprint density at radius 1 is 1.17 bits per heavy atom. The highest BCUT2D eigenvalue weighted by Gasteiger charge is 2.20. The van der Waals surface area contributed by atoms with E-state index >= 15 is 0 Å². The highest BCUT2D eigenvalue weighted by molar-refractivity contribution is 14.0. The van der Waals surface area contributed by atoms with Crippen molar-refractivity contribution < 1.29 is 9.50 Å². The number of phenols is 1. The molecule has 1 aliphatic rings. The monoisotopic (exact) mass is 526 g/mol. The van der Waals surface area contributed by atoms with E-state index in [1.54, 1.807) is 24.3 Å². The topological polar surface area (TPSA) is 59.9 Å². The van der Waals surface area contributed by atoms with Crippen LogP contribution in [-0.2, 0) is 6.42 Å². The van der Waals surface area contributed by atoms with Gasteiger partial charge in [-0.3, -0.25) is 4.99 Å². The Morgan fingerprint density at radius 3 is 2.57 bits per heavy atom. The maximum Gasteiger partial charge on any atom is 0.191 e. The van der Waals surface area contributed by atoms with E-state index in [0.717, 1.165) is 63.5 Å². The van der Waals surface area contributed by atoms with E-state index in [1.165, 1.54) is 11.6 Å². The Kier molecular flexibility index (Phi) is 10.2. The van der Waals surface area contributed by atoms with Crippen molar-refractivity contribution in [2.24, 2.45) is 4.99 Å². The molecule has 0 amide bonds. The van der Waals surface area contributed by atoms with Gasteiger partial charge < -0.3 is 20.6 Å². The molecule has 2 aromatic rings. The molecule has 2 aromatic carbocycles. The van der Waals surface area contributed by atoms with Crippen LogP contribution in [0.3, 0.4) is 0 Å². The zero-order chi connectivity index (χ0) is 20.5. The minimum atomic E-state index is -0.184. The molecule has 3 N–H and O–H groups in total. The standard InChI is InChI=1S/C23H31FN4O.HI/c1-2-25-23(26-14-4-5-18-8-10-22(29)11-9-18)27-20-12-15-28(16-13-20)21-7-3-6-19(24)17-21;/h3,6-11,17,20,29H,2,4-5,12-16H2,1H3,(H2,25,26,27);1H. The van der Waals surface area contributed by atoms with Crippen molar-refractivity contribution >= 4 is 35.6 Å².